The van der Waals surface area contributed by atoms with E-state index in [9.17, 15) is 14.4 Å². The van der Waals surface area contributed by atoms with E-state index in [1.807, 2.05) is 0 Å². The summed E-state index contributed by atoms with van der Waals surface area (Å²) in [6, 6.07) is 3.51. The normalized spacial score (nSPS) is 9.61. The van der Waals surface area contributed by atoms with Gasteiger partial charge in [0, 0.05) is 4.47 Å². The van der Waals surface area contributed by atoms with Crippen molar-refractivity contribution >= 4 is 39.5 Å². The highest BCUT2D eigenvalue weighted by molar-refractivity contribution is 9.10. The van der Waals surface area contributed by atoms with E-state index in [4.69, 9.17) is 10.8 Å². The molecule has 0 bridgehead atoms. The summed E-state index contributed by atoms with van der Waals surface area (Å²) in [5.74, 6) is -1.73. The van der Waals surface area contributed by atoms with Crippen molar-refractivity contribution in [1.82, 2.24) is 5.32 Å². The number of hydrogen-bond donors (Lipinski definition) is 4. The molecule has 0 aliphatic carbocycles. The first-order valence-electron chi connectivity index (χ1n) is 4.76. The Morgan fingerprint density at radius 1 is 1.33 bits per heavy atom. The van der Waals surface area contributed by atoms with E-state index in [1.165, 1.54) is 18.2 Å². The molecule has 3 amide bonds. The average molecular weight is 316 g/mol. The van der Waals surface area contributed by atoms with Gasteiger partial charge in [0.2, 0.25) is 5.91 Å². The van der Waals surface area contributed by atoms with E-state index in [1.54, 1.807) is 0 Å². The number of primary amides is 1. The number of carbonyl (C=O) groups is 3. The van der Waals surface area contributed by atoms with Gasteiger partial charge in [0.25, 0.3) is 0 Å². The predicted octanol–water partition coefficient (Wildman–Crippen LogP) is 0.754. The number of nitrogens with one attached hydrogen (secondary N) is 2. The Balaban J connectivity index is 2.70. The zero-order valence-corrected chi connectivity index (χ0v) is 10.7. The lowest BCUT2D eigenvalue weighted by Gasteiger charge is -2.08. The minimum absolute atomic E-state index is 0.0879. The van der Waals surface area contributed by atoms with Gasteiger partial charge in [0.15, 0.2) is 0 Å². The van der Waals surface area contributed by atoms with E-state index in [2.05, 4.69) is 26.6 Å². The Hall–Kier alpha value is -2.09. The number of aromatic carboxylic acids is 1. The monoisotopic (exact) mass is 315 g/mol. The second-order valence-corrected chi connectivity index (χ2v) is 4.13. The zero-order valence-electron chi connectivity index (χ0n) is 9.07. The fourth-order valence-electron chi connectivity index (χ4n) is 1.08. The highest BCUT2D eigenvalue weighted by Gasteiger charge is 2.09. The van der Waals surface area contributed by atoms with E-state index >= 15 is 0 Å². The molecule has 0 heterocycles. The average Bonchev–Trinajstić information content (AvgIpc) is 2.29. The van der Waals surface area contributed by atoms with E-state index in [0.29, 0.717) is 10.2 Å². The van der Waals surface area contributed by atoms with Gasteiger partial charge in [0.05, 0.1) is 17.8 Å². The number of halogens is 1. The summed E-state index contributed by atoms with van der Waals surface area (Å²) in [7, 11) is 0. The fourth-order valence-corrected chi connectivity index (χ4v) is 1.56. The molecule has 96 valence electrons. The molecule has 1 aromatic carbocycles. The van der Waals surface area contributed by atoms with Crippen molar-refractivity contribution < 1.29 is 19.5 Å². The van der Waals surface area contributed by atoms with Gasteiger partial charge in [-0.05, 0) is 34.1 Å². The number of carboxylic acid groups (broad SMARTS) is 1. The minimum Gasteiger partial charge on any atom is -0.478 e. The Kier molecular flexibility index (Phi) is 4.67. The first kappa shape index (κ1) is 14.0. The minimum atomic E-state index is -1.07. The van der Waals surface area contributed by atoms with Crippen molar-refractivity contribution in [3.8, 4) is 0 Å². The van der Waals surface area contributed by atoms with Crippen LogP contribution in [0.15, 0.2) is 22.7 Å². The molecule has 0 radical (unpaired) electrons. The molecule has 1 rings (SSSR count). The van der Waals surface area contributed by atoms with Gasteiger partial charge in [-0.2, -0.15) is 0 Å². The van der Waals surface area contributed by atoms with Crippen LogP contribution in [0.2, 0.25) is 0 Å². The molecule has 18 heavy (non-hydrogen) atoms. The van der Waals surface area contributed by atoms with E-state index < -0.39 is 17.9 Å². The molecule has 0 spiro atoms. The molecular weight excluding hydrogens is 306 g/mol. The quantitative estimate of drug-likeness (QED) is 0.655. The number of carboxylic acids is 1. The van der Waals surface area contributed by atoms with Gasteiger partial charge in [-0.3, -0.25) is 4.79 Å². The summed E-state index contributed by atoms with van der Waals surface area (Å²) in [5, 5.41) is 13.4. The number of benzene rings is 1. The van der Waals surface area contributed by atoms with Crippen LogP contribution < -0.4 is 16.4 Å². The standard InChI is InChI=1S/C10H10BrN3O4/c11-6-3-5(9(16)17)1-2-7(6)14-10(18)13-4-8(12)15/h1-3H,4H2,(H2,12,15)(H,16,17)(H2,13,14,18). The lowest BCUT2D eigenvalue weighted by Crippen LogP contribution is -2.36. The third-order valence-electron chi connectivity index (χ3n) is 1.89. The van der Waals surface area contributed by atoms with Gasteiger partial charge in [-0.15, -0.1) is 0 Å². The molecule has 0 saturated heterocycles. The van der Waals surface area contributed by atoms with Crippen LogP contribution in [0.5, 0.6) is 0 Å². The second kappa shape index (κ2) is 6.01. The molecular formula is C10H10BrN3O4. The number of carbonyl (C=O) groups excluding carboxylic acids is 2. The van der Waals surface area contributed by atoms with Crippen molar-refractivity contribution in [2.45, 2.75) is 0 Å². The smallest absolute Gasteiger partial charge is 0.335 e. The van der Waals surface area contributed by atoms with Crippen LogP contribution in [0.3, 0.4) is 0 Å². The molecule has 0 fully saturated rings. The summed E-state index contributed by atoms with van der Waals surface area (Å²) in [5.41, 5.74) is 5.33. The van der Waals surface area contributed by atoms with Gasteiger partial charge >= 0.3 is 12.0 Å². The molecule has 0 aliphatic rings. The molecule has 5 N–H and O–H groups in total. The molecule has 0 atom stereocenters. The van der Waals surface area contributed by atoms with Crippen molar-refractivity contribution in [2.24, 2.45) is 5.73 Å². The number of nitrogens with two attached hydrogens (primary N) is 1. The maximum absolute atomic E-state index is 11.3. The fraction of sp³-hybridized carbons (Fsp3) is 0.100. The van der Waals surface area contributed by atoms with Crippen molar-refractivity contribution in [2.75, 3.05) is 11.9 Å². The summed E-state index contributed by atoms with van der Waals surface area (Å²) in [4.78, 5) is 32.5. The molecule has 0 aromatic heterocycles. The number of urea groups is 1. The molecule has 1 aromatic rings. The van der Waals surface area contributed by atoms with Gasteiger partial charge in [-0.1, -0.05) is 0 Å². The summed E-state index contributed by atoms with van der Waals surface area (Å²) >= 11 is 3.13. The number of anilines is 1. The highest BCUT2D eigenvalue weighted by atomic mass is 79.9. The predicted molar refractivity (Wildman–Crippen MR) is 67.3 cm³/mol. The Morgan fingerprint density at radius 2 is 2.00 bits per heavy atom. The van der Waals surface area contributed by atoms with Crippen LogP contribution in [-0.2, 0) is 4.79 Å². The topological polar surface area (TPSA) is 122 Å². The van der Waals surface area contributed by atoms with E-state index in [-0.39, 0.29) is 12.1 Å². The van der Waals surface area contributed by atoms with Crippen molar-refractivity contribution in [3.05, 3.63) is 28.2 Å². The Bertz CT molecular complexity index is 504. The van der Waals surface area contributed by atoms with Gasteiger partial charge < -0.3 is 21.5 Å². The largest absolute Gasteiger partial charge is 0.478 e. The Labute approximate surface area is 110 Å². The molecule has 0 unspecified atom stereocenters. The number of amides is 3. The first-order chi connectivity index (χ1) is 8.40. The van der Waals surface area contributed by atoms with Crippen LogP contribution in [0.1, 0.15) is 10.4 Å². The maximum Gasteiger partial charge on any atom is 0.335 e. The van der Waals surface area contributed by atoms with Gasteiger partial charge in [-0.25, -0.2) is 9.59 Å². The van der Waals surface area contributed by atoms with E-state index in [0.717, 1.165) is 0 Å². The molecule has 0 aliphatic heterocycles. The van der Waals surface area contributed by atoms with Crippen LogP contribution in [-0.4, -0.2) is 29.6 Å². The summed E-state index contributed by atoms with van der Waals surface area (Å²) < 4.78 is 0.414. The first-order valence-corrected chi connectivity index (χ1v) is 5.55. The number of rotatable bonds is 4. The van der Waals surface area contributed by atoms with Crippen LogP contribution in [0, 0.1) is 0 Å². The third-order valence-corrected chi connectivity index (χ3v) is 2.54. The molecule has 0 saturated carbocycles. The van der Waals surface area contributed by atoms with Crippen molar-refractivity contribution in [1.29, 1.82) is 0 Å². The molecule has 7 nitrogen and oxygen atoms in total. The van der Waals surface area contributed by atoms with Crippen LogP contribution >= 0.6 is 15.9 Å². The lowest BCUT2D eigenvalue weighted by molar-refractivity contribution is -0.117. The van der Waals surface area contributed by atoms with Gasteiger partial charge in [0.1, 0.15) is 0 Å². The van der Waals surface area contributed by atoms with Crippen molar-refractivity contribution in [3.63, 3.8) is 0 Å². The Morgan fingerprint density at radius 3 is 2.50 bits per heavy atom. The highest BCUT2D eigenvalue weighted by Crippen LogP contribution is 2.23. The lowest BCUT2D eigenvalue weighted by atomic mass is 10.2. The zero-order chi connectivity index (χ0) is 13.7. The second-order valence-electron chi connectivity index (χ2n) is 3.27. The third kappa shape index (κ3) is 4.06. The SMILES string of the molecule is NC(=O)CNC(=O)Nc1ccc(C(=O)O)cc1Br. The summed E-state index contributed by atoms with van der Waals surface area (Å²) in [6.07, 6.45) is 0. The number of hydrogen-bond acceptors (Lipinski definition) is 3. The van der Waals surface area contributed by atoms with Crippen LogP contribution in [0.4, 0.5) is 10.5 Å². The summed E-state index contributed by atoms with van der Waals surface area (Å²) in [6.45, 7) is -0.281. The molecule has 8 heteroatoms. The maximum atomic E-state index is 11.3. The van der Waals surface area contributed by atoms with Crippen LogP contribution in [0.25, 0.3) is 0 Å².